The van der Waals surface area contributed by atoms with Crippen molar-refractivity contribution in [2.45, 2.75) is 82.7 Å². The fraction of sp³-hybridized carbons (Fsp3) is 0.609. The van der Waals surface area contributed by atoms with Crippen molar-refractivity contribution in [2.75, 3.05) is 4.90 Å². The van der Waals surface area contributed by atoms with Gasteiger partial charge in [0.15, 0.2) is 5.82 Å². The molecule has 1 aromatic heterocycles. The van der Waals surface area contributed by atoms with E-state index in [1.165, 1.54) is 38.5 Å². The van der Waals surface area contributed by atoms with Crippen molar-refractivity contribution in [3.8, 4) is 0 Å². The Morgan fingerprint density at radius 3 is 2.55 bits per heavy atom. The molecule has 154 valence electrons. The number of aromatic nitrogens is 3. The van der Waals surface area contributed by atoms with Crippen LogP contribution in [0.5, 0.6) is 0 Å². The summed E-state index contributed by atoms with van der Waals surface area (Å²) in [5.41, 5.74) is 0.710. The molecule has 2 heterocycles. The van der Waals surface area contributed by atoms with Crippen LogP contribution in [0.4, 0.5) is 5.95 Å². The molecule has 1 aromatic carbocycles. The van der Waals surface area contributed by atoms with Crippen LogP contribution in [0.1, 0.15) is 80.9 Å². The lowest BCUT2D eigenvalue weighted by Gasteiger charge is -2.55. The summed E-state index contributed by atoms with van der Waals surface area (Å²) in [5, 5.41) is 5.61. The van der Waals surface area contributed by atoms with Crippen LogP contribution in [0.3, 0.4) is 0 Å². The number of carbonyl (C=O) groups is 1. The van der Waals surface area contributed by atoms with Crippen LogP contribution in [-0.2, 0) is 12.0 Å². The molecule has 0 radical (unpaired) electrons. The van der Waals surface area contributed by atoms with Crippen LogP contribution < -0.4 is 4.90 Å². The maximum absolute atomic E-state index is 13.7. The molecule has 5 rings (SSSR count). The molecule has 2 saturated carbocycles. The molecule has 1 spiro atoms. The first-order valence-electron chi connectivity index (χ1n) is 11.2. The van der Waals surface area contributed by atoms with E-state index in [4.69, 9.17) is 21.7 Å². The van der Waals surface area contributed by atoms with E-state index in [9.17, 15) is 4.79 Å². The molecule has 6 heteroatoms. The summed E-state index contributed by atoms with van der Waals surface area (Å²) < 4.78 is 2.19. The van der Waals surface area contributed by atoms with Crippen molar-refractivity contribution >= 4 is 23.5 Å². The minimum absolute atomic E-state index is 0.0283. The second kappa shape index (κ2) is 7.42. The van der Waals surface area contributed by atoms with Gasteiger partial charge in [0, 0.05) is 29.0 Å². The lowest BCUT2D eigenvalue weighted by molar-refractivity contribution is 0.0311. The number of hydrogen-bond acceptors (Lipinski definition) is 3. The van der Waals surface area contributed by atoms with E-state index in [0.29, 0.717) is 16.5 Å². The van der Waals surface area contributed by atoms with Gasteiger partial charge in [-0.2, -0.15) is 10.1 Å². The van der Waals surface area contributed by atoms with E-state index < -0.39 is 0 Å². The molecule has 5 nitrogen and oxygen atoms in total. The van der Waals surface area contributed by atoms with Crippen molar-refractivity contribution < 1.29 is 4.79 Å². The number of anilines is 1. The number of fused-ring (bicyclic) bond motifs is 4. The highest BCUT2D eigenvalue weighted by Crippen LogP contribution is 2.52. The summed E-state index contributed by atoms with van der Waals surface area (Å²) in [6.07, 6.45) is 11.6. The van der Waals surface area contributed by atoms with E-state index in [1.807, 2.05) is 17.0 Å². The smallest absolute Gasteiger partial charge is 0.260 e. The third-order valence-corrected chi connectivity index (χ3v) is 7.62. The highest BCUT2D eigenvalue weighted by Gasteiger charge is 2.55. The monoisotopic (exact) mass is 412 g/mol. The Hall–Kier alpha value is -1.88. The predicted molar refractivity (Wildman–Crippen MR) is 114 cm³/mol. The van der Waals surface area contributed by atoms with Gasteiger partial charge in [-0.25, -0.2) is 4.68 Å². The summed E-state index contributed by atoms with van der Waals surface area (Å²) >= 11 is 6.06. The van der Waals surface area contributed by atoms with Gasteiger partial charge in [0.2, 0.25) is 5.95 Å². The van der Waals surface area contributed by atoms with Crippen molar-refractivity contribution in [1.82, 2.24) is 14.8 Å². The molecule has 2 fully saturated rings. The van der Waals surface area contributed by atoms with Crippen LogP contribution in [0, 0.1) is 5.92 Å². The first-order valence-corrected chi connectivity index (χ1v) is 11.6. The summed E-state index contributed by atoms with van der Waals surface area (Å²) in [6, 6.07) is 7.46. The number of benzene rings is 1. The average Bonchev–Trinajstić information content (AvgIpc) is 3.20. The molecule has 0 saturated heterocycles. The zero-order chi connectivity index (χ0) is 20.0. The molecule has 29 heavy (non-hydrogen) atoms. The van der Waals surface area contributed by atoms with Gasteiger partial charge in [0.25, 0.3) is 5.91 Å². The highest BCUT2D eigenvalue weighted by atomic mass is 35.5. The molecule has 3 aliphatic rings. The average molecular weight is 413 g/mol. The number of halogens is 1. The molecule has 1 amide bonds. The molecule has 0 unspecified atom stereocenters. The Morgan fingerprint density at radius 2 is 1.83 bits per heavy atom. The van der Waals surface area contributed by atoms with Gasteiger partial charge >= 0.3 is 0 Å². The molecule has 0 N–H and O–H groups in total. The number of rotatable bonds is 2. The van der Waals surface area contributed by atoms with Crippen molar-refractivity contribution in [3.63, 3.8) is 0 Å². The summed E-state index contributed by atoms with van der Waals surface area (Å²) in [7, 11) is 0. The van der Waals surface area contributed by atoms with Gasteiger partial charge in [0.05, 0.1) is 5.54 Å². The Balaban J connectivity index is 1.66. The maximum Gasteiger partial charge on any atom is 0.260 e. The largest absolute Gasteiger partial charge is 0.273 e. The Morgan fingerprint density at radius 1 is 1.10 bits per heavy atom. The fourth-order valence-corrected chi connectivity index (χ4v) is 6.15. The number of carbonyl (C=O) groups excluding carboxylic acids is 1. The van der Waals surface area contributed by atoms with Crippen LogP contribution >= 0.6 is 11.6 Å². The van der Waals surface area contributed by atoms with Gasteiger partial charge in [-0.3, -0.25) is 9.69 Å². The van der Waals surface area contributed by atoms with Gasteiger partial charge < -0.3 is 0 Å². The second-order valence-electron chi connectivity index (χ2n) is 8.90. The summed E-state index contributed by atoms with van der Waals surface area (Å²) in [4.78, 5) is 20.6. The summed E-state index contributed by atoms with van der Waals surface area (Å²) in [6.45, 7) is 2.09. The van der Waals surface area contributed by atoms with E-state index in [0.717, 1.165) is 37.5 Å². The molecule has 2 aliphatic carbocycles. The Labute approximate surface area is 177 Å². The maximum atomic E-state index is 13.7. The van der Waals surface area contributed by atoms with Crippen molar-refractivity contribution in [2.24, 2.45) is 5.92 Å². The van der Waals surface area contributed by atoms with E-state index in [-0.39, 0.29) is 17.5 Å². The molecular formula is C23H29ClN4O. The van der Waals surface area contributed by atoms with Crippen LogP contribution in [0.2, 0.25) is 5.02 Å². The summed E-state index contributed by atoms with van der Waals surface area (Å²) in [5.74, 6) is 2.11. The third-order valence-electron chi connectivity index (χ3n) is 7.37. The highest BCUT2D eigenvalue weighted by molar-refractivity contribution is 6.30. The Kier molecular flexibility index (Phi) is 4.89. The number of nitrogens with zero attached hydrogens (tertiary/aromatic N) is 4. The first-order chi connectivity index (χ1) is 14.1. The Bertz CT molecular complexity index is 900. The van der Waals surface area contributed by atoms with Gasteiger partial charge in [-0.15, -0.1) is 0 Å². The standard InChI is InChI=1S/C23H29ClN4O/c1-2-20-25-22-27(21(29)16-10-12-17(24)13-11-16)19-9-5-4-8-18(19)23(28(22)26-20)14-6-3-7-15-23/h10-13,18-19H,2-9,14-15H2,1H3/t18-,19+/m1/s1. The number of amides is 1. The van der Waals surface area contributed by atoms with Gasteiger partial charge in [0.1, 0.15) is 0 Å². The van der Waals surface area contributed by atoms with Crippen LogP contribution in [0.25, 0.3) is 0 Å². The fourth-order valence-electron chi connectivity index (χ4n) is 6.02. The quantitative estimate of drug-likeness (QED) is 0.665. The first kappa shape index (κ1) is 19.1. The molecule has 2 aromatic rings. The van der Waals surface area contributed by atoms with E-state index in [2.05, 4.69) is 11.6 Å². The number of hydrogen-bond donors (Lipinski definition) is 0. The molecular weight excluding hydrogens is 384 g/mol. The van der Waals surface area contributed by atoms with Gasteiger partial charge in [-0.1, -0.05) is 50.6 Å². The molecule has 2 atom stereocenters. The normalized spacial score (nSPS) is 25.5. The lowest BCUT2D eigenvalue weighted by Crippen LogP contribution is -2.61. The molecule has 0 bridgehead atoms. The second-order valence-corrected chi connectivity index (χ2v) is 9.33. The third kappa shape index (κ3) is 3.00. The van der Waals surface area contributed by atoms with Crippen LogP contribution in [0.15, 0.2) is 24.3 Å². The minimum atomic E-state index is 0.0283. The van der Waals surface area contributed by atoms with E-state index >= 15 is 0 Å². The number of aryl methyl sites for hydroxylation is 1. The van der Waals surface area contributed by atoms with Crippen LogP contribution in [-0.4, -0.2) is 26.7 Å². The van der Waals surface area contributed by atoms with E-state index in [1.54, 1.807) is 12.1 Å². The predicted octanol–water partition coefficient (Wildman–Crippen LogP) is 5.37. The zero-order valence-electron chi connectivity index (χ0n) is 17.1. The van der Waals surface area contributed by atoms with Crippen molar-refractivity contribution in [1.29, 1.82) is 0 Å². The topological polar surface area (TPSA) is 51.0 Å². The lowest BCUT2D eigenvalue weighted by atomic mass is 9.64. The zero-order valence-corrected chi connectivity index (χ0v) is 17.9. The van der Waals surface area contributed by atoms with Gasteiger partial charge in [-0.05, 0) is 49.9 Å². The van der Waals surface area contributed by atoms with Crippen molar-refractivity contribution in [3.05, 3.63) is 40.7 Å². The molecule has 1 aliphatic heterocycles. The SMILES string of the molecule is CCc1nc2n(n1)C1(CCCCC1)[C@@H]1CCCC[C@@H]1N2C(=O)c1ccc(Cl)cc1. The minimum Gasteiger partial charge on any atom is -0.273 e.